The first-order valence-corrected chi connectivity index (χ1v) is 11.5. The minimum Gasteiger partial charge on any atom is -0.493 e. The molecule has 1 fully saturated rings. The molecule has 1 heterocycles. The lowest BCUT2D eigenvalue weighted by Crippen LogP contribution is -2.40. The summed E-state index contributed by atoms with van der Waals surface area (Å²) in [5.74, 6) is 0.404. The van der Waals surface area contributed by atoms with Crippen molar-refractivity contribution in [2.75, 3.05) is 18.1 Å². The summed E-state index contributed by atoms with van der Waals surface area (Å²) in [4.78, 5) is 14.8. The van der Waals surface area contributed by atoms with Crippen molar-refractivity contribution >= 4 is 15.7 Å². The van der Waals surface area contributed by atoms with Crippen molar-refractivity contribution in [2.45, 2.75) is 32.9 Å². The van der Waals surface area contributed by atoms with E-state index < -0.39 is 15.9 Å². The lowest BCUT2D eigenvalue weighted by molar-refractivity contribution is 0.0680. The molecule has 7 heteroatoms. The number of benzene rings is 2. The Morgan fingerprint density at radius 1 is 1.21 bits per heavy atom. The molecule has 3 rings (SSSR count). The Morgan fingerprint density at radius 3 is 2.52 bits per heavy atom. The van der Waals surface area contributed by atoms with Crippen LogP contribution in [0.1, 0.15) is 36.2 Å². The third-order valence-corrected chi connectivity index (χ3v) is 6.59. The van der Waals surface area contributed by atoms with E-state index in [0.717, 1.165) is 0 Å². The Morgan fingerprint density at radius 2 is 1.93 bits per heavy atom. The number of amides is 1. The highest BCUT2D eigenvalue weighted by Gasteiger charge is 2.35. The van der Waals surface area contributed by atoms with Gasteiger partial charge in [0.1, 0.15) is 11.6 Å². The number of rotatable bonds is 7. The van der Waals surface area contributed by atoms with Crippen molar-refractivity contribution in [1.82, 2.24) is 4.90 Å². The van der Waals surface area contributed by atoms with Crippen LogP contribution >= 0.6 is 0 Å². The number of carbonyl (C=O) groups is 1. The molecule has 0 unspecified atom stereocenters. The Balaban J connectivity index is 1.82. The van der Waals surface area contributed by atoms with E-state index in [4.69, 9.17) is 4.74 Å². The minimum atomic E-state index is -3.17. The fraction of sp³-hybridized carbons (Fsp3) is 0.409. The molecule has 0 saturated carbocycles. The third kappa shape index (κ3) is 5.79. The van der Waals surface area contributed by atoms with Crippen molar-refractivity contribution in [1.29, 1.82) is 0 Å². The zero-order chi connectivity index (χ0) is 21.0. The van der Waals surface area contributed by atoms with Gasteiger partial charge >= 0.3 is 0 Å². The Hall–Kier alpha value is -2.41. The maximum atomic E-state index is 13.6. The van der Waals surface area contributed by atoms with Gasteiger partial charge in [0.2, 0.25) is 0 Å². The molecule has 0 N–H and O–H groups in total. The number of halogens is 1. The number of hydrogen-bond donors (Lipinski definition) is 0. The summed E-state index contributed by atoms with van der Waals surface area (Å²) in [5, 5.41) is 0. The molecule has 5 nitrogen and oxygen atoms in total. The van der Waals surface area contributed by atoms with Gasteiger partial charge in [0.05, 0.1) is 18.1 Å². The van der Waals surface area contributed by atoms with Crippen molar-refractivity contribution in [3.63, 3.8) is 0 Å². The number of carbonyl (C=O) groups excluding carboxylic acids is 1. The van der Waals surface area contributed by atoms with Gasteiger partial charge in [-0.15, -0.1) is 0 Å². The Labute approximate surface area is 171 Å². The van der Waals surface area contributed by atoms with Gasteiger partial charge in [-0.1, -0.05) is 26.0 Å². The molecule has 0 bridgehead atoms. The van der Waals surface area contributed by atoms with Crippen LogP contribution in [0.3, 0.4) is 0 Å². The first-order chi connectivity index (χ1) is 13.7. The second kappa shape index (κ2) is 8.95. The highest BCUT2D eigenvalue weighted by Crippen LogP contribution is 2.23. The van der Waals surface area contributed by atoms with Crippen molar-refractivity contribution in [3.05, 3.63) is 65.5 Å². The van der Waals surface area contributed by atoms with Gasteiger partial charge in [-0.05, 0) is 54.3 Å². The summed E-state index contributed by atoms with van der Waals surface area (Å²) in [5.41, 5.74) is 1.07. The Kier molecular flexibility index (Phi) is 6.57. The SMILES string of the molecule is CC(C)COc1ccc(C(=O)N(Cc2cccc(F)c2)[C@H]2CCS(=O)(=O)C2)cc1. The van der Waals surface area contributed by atoms with Crippen LogP contribution in [-0.4, -0.2) is 43.4 Å². The molecule has 0 aliphatic carbocycles. The largest absolute Gasteiger partial charge is 0.493 e. The molecule has 0 aromatic heterocycles. The van der Waals surface area contributed by atoms with Crippen LogP contribution in [0.5, 0.6) is 5.75 Å². The molecule has 29 heavy (non-hydrogen) atoms. The minimum absolute atomic E-state index is 0.0621. The second-order valence-electron chi connectivity index (χ2n) is 7.85. The number of hydrogen-bond acceptors (Lipinski definition) is 4. The first-order valence-electron chi connectivity index (χ1n) is 9.72. The lowest BCUT2D eigenvalue weighted by Gasteiger charge is -2.28. The first kappa shape index (κ1) is 21.3. The molecule has 1 atom stereocenters. The average molecular weight is 420 g/mol. The van der Waals surface area contributed by atoms with Crippen LogP contribution in [0.15, 0.2) is 48.5 Å². The highest BCUT2D eigenvalue weighted by atomic mass is 32.2. The standard InChI is InChI=1S/C22H26FNO4S/c1-16(2)14-28-21-8-6-18(7-9-21)22(25)24(20-10-11-29(26,27)15-20)13-17-4-3-5-19(23)12-17/h3-9,12,16,20H,10-11,13-15H2,1-2H3/t20-/m0/s1. The molecule has 1 saturated heterocycles. The molecule has 0 spiro atoms. The van der Waals surface area contributed by atoms with Gasteiger partial charge in [0.25, 0.3) is 5.91 Å². The van der Waals surface area contributed by atoms with E-state index in [1.165, 1.54) is 12.1 Å². The fourth-order valence-corrected chi connectivity index (χ4v) is 5.07. The van der Waals surface area contributed by atoms with Crippen LogP contribution in [0.25, 0.3) is 0 Å². The van der Waals surface area contributed by atoms with Gasteiger partial charge in [-0.25, -0.2) is 12.8 Å². The molecular weight excluding hydrogens is 393 g/mol. The van der Waals surface area contributed by atoms with E-state index in [1.54, 1.807) is 41.3 Å². The van der Waals surface area contributed by atoms with E-state index in [1.807, 2.05) is 0 Å². The summed E-state index contributed by atoms with van der Waals surface area (Å²) in [6, 6.07) is 12.4. The van der Waals surface area contributed by atoms with Gasteiger partial charge in [-0.2, -0.15) is 0 Å². The van der Waals surface area contributed by atoms with Crippen molar-refractivity contribution in [2.24, 2.45) is 5.92 Å². The van der Waals surface area contributed by atoms with E-state index in [9.17, 15) is 17.6 Å². The summed E-state index contributed by atoms with van der Waals surface area (Å²) in [6.45, 7) is 4.84. The van der Waals surface area contributed by atoms with Crippen molar-refractivity contribution in [3.8, 4) is 5.75 Å². The van der Waals surface area contributed by atoms with Crippen LogP contribution in [-0.2, 0) is 16.4 Å². The molecule has 1 aliphatic rings. The molecule has 1 amide bonds. The quantitative estimate of drug-likeness (QED) is 0.687. The summed E-state index contributed by atoms with van der Waals surface area (Å²) in [7, 11) is -3.17. The highest BCUT2D eigenvalue weighted by molar-refractivity contribution is 7.91. The van der Waals surface area contributed by atoms with E-state index in [-0.39, 0.29) is 29.8 Å². The average Bonchev–Trinajstić information content (AvgIpc) is 3.04. The van der Waals surface area contributed by atoms with Crippen molar-refractivity contribution < 1.29 is 22.3 Å². The fourth-order valence-electron chi connectivity index (χ4n) is 3.34. The summed E-state index contributed by atoms with van der Waals surface area (Å²) in [6.07, 6.45) is 0.388. The number of sulfone groups is 1. The van der Waals surface area contributed by atoms with Crippen LogP contribution in [0.4, 0.5) is 4.39 Å². The van der Waals surface area contributed by atoms with E-state index in [0.29, 0.717) is 35.8 Å². The normalized spacial score (nSPS) is 18.0. The van der Waals surface area contributed by atoms with E-state index >= 15 is 0 Å². The zero-order valence-corrected chi connectivity index (χ0v) is 17.5. The van der Waals surface area contributed by atoms with Gasteiger partial charge in [0.15, 0.2) is 9.84 Å². The van der Waals surface area contributed by atoms with Crippen LogP contribution in [0.2, 0.25) is 0 Å². The molecule has 2 aromatic rings. The second-order valence-corrected chi connectivity index (χ2v) is 10.1. The predicted molar refractivity (Wildman–Crippen MR) is 110 cm³/mol. The van der Waals surface area contributed by atoms with Crippen LogP contribution in [0, 0.1) is 11.7 Å². The summed E-state index contributed by atoms with van der Waals surface area (Å²) >= 11 is 0. The Bertz CT molecular complexity index is 957. The molecule has 2 aromatic carbocycles. The topological polar surface area (TPSA) is 63.7 Å². The molecule has 156 valence electrons. The monoisotopic (exact) mass is 419 g/mol. The van der Waals surface area contributed by atoms with Crippen LogP contribution < -0.4 is 4.74 Å². The lowest BCUT2D eigenvalue weighted by atomic mass is 10.1. The summed E-state index contributed by atoms with van der Waals surface area (Å²) < 4.78 is 43.2. The predicted octanol–water partition coefficient (Wildman–Crippen LogP) is 3.69. The molecular formula is C22H26FNO4S. The number of ether oxygens (including phenoxy) is 1. The molecule has 1 aliphatic heterocycles. The van der Waals surface area contributed by atoms with Gasteiger partial charge in [0, 0.05) is 18.2 Å². The maximum absolute atomic E-state index is 13.6. The third-order valence-electron chi connectivity index (χ3n) is 4.84. The van der Waals surface area contributed by atoms with Gasteiger partial charge < -0.3 is 9.64 Å². The smallest absolute Gasteiger partial charge is 0.254 e. The zero-order valence-electron chi connectivity index (χ0n) is 16.7. The number of nitrogens with zero attached hydrogens (tertiary/aromatic N) is 1. The van der Waals surface area contributed by atoms with Gasteiger partial charge in [-0.3, -0.25) is 4.79 Å². The maximum Gasteiger partial charge on any atom is 0.254 e. The van der Waals surface area contributed by atoms with E-state index in [2.05, 4.69) is 13.8 Å². The molecule has 0 radical (unpaired) electrons.